The molecule has 82 valence electrons. The minimum absolute atomic E-state index is 0.548. The standard InChI is InChI=1S/C13H14N2S/c1-10(2)16-13-8-5-7-12(15-13)11-6-3-4-9-14-11/h3-10H,1-2H3. The Morgan fingerprint density at radius 3 is 2.50 bits per heavy atom. The van der Waals surface area contributed by atoms with Crippen molar-refractivity contribution in [2.45, 2.75) is 24.1 Å². The van der Waals surface area contributed by atoms with Crippen LogP contribution < -0.4 is 0 Å². The van der Waals surface area contributed by atoms with E-state index >= 15 is 0 Å². The molecule has 2 aromatic heterocycles. The van der Waals surface area contributed by atoms with Gasteiger partial charge in [-0.25, -0.2) is 4.98 Å². The van der Waals surface area contributed by atoms with Crippen LogP contribution in [0.5, 0.6) is 0 Å². The van der Waals surface area contributed by atoms with E-state index in [2.05, 4.69) is 23.8 Å². The van der Waals surface area contributed by atoms with Crippen LogP contribution in [-0.2, 0) is 0 Å². The summed E-state index contributed by atoms with van der Waals surface area (Å²) >= 11 is 1.77. The van der Waals surface area contributed by atoms with Gasteiger partial charge in [0.15, 0.2) is 0 Å². The minimum Gasteiger partial charge on any atom is -0.255 e. The summed E-state index contributed by atoms with van der Waals surface area (Å²) in [6.45, 7) is 4.33. The second-order valence-electron chi connectivity index (χ2n) is 3.74. The van der Waals surface area contributed by atoms with E-state index in [1.807, 2.05) is 36.4 Å². The van der Waals surface area contributed by atoms with Crippen molar-refractivity contribution in [3.63, 3.8) is 0 Å². The van der Waals surface area contributed by atoms with Crippen LogP contribution in [0.4, 0.5) is 0 Å². The Morgan fingerprint density at radius 1 is 1.00 bits per heavy atom. The average Bonchev–Trinajstić information content (AvgIpc) is 2.30. The summed E-state index contributed by atoms with van der Waals surface area (Å²) in [4.78, 5) is 8.88. The third-order valence-electron chi connectivity index (χ3n) is 2.01. The van der Waals surface area contributed by atoms with Crippen LogP contribution in [-0.4, -0.2) is 15.2 Å². The van der Waals surface area contributed by atoms with Crippen LogP contribution in [0, 0.1) is 0 Å². The van der Waals surface area contributed by atoms with Gasteiger partial charge >= 0.3 is 0 Å². The van der Waals surface area contributed by atoms with Gasteiger partial charge in [-0.1, -0.05) is 26.0 Å². The number of rotatable bonds is 3. The summed E-state index contributed by atoms with van der Waals surface area (Å²) < 4.78 is 0. The summed E-state index contributed by atoms with van der Waals surface area (Å²) in [5.41, 5.74) is 1.86. The Labute approximate surface area is 100 Å². The molecule has 0 spiro atoms. The van der Waals surface area contributed by atoms with E-state index in [4.69, 9.17) is 0 Å². The van der Waals surface area contributed by atoms with E-state index in [1.54, 1.807) is 18.0 Å². The number of aromatic nitrogens is 2. The predicted molar refractivity (Wildman–Crippen MR) is 68.5 cm³/mol. The molecule has 0 aliphatic rings. The zero-order chi connectivity index (χ0) is 11.4. The minimum atomic E-state index is 0.548. The summed E-state index contributed by atoms with van der Waals surface area (Å²) in [7, 11) is 0. The van der Waals surface area contributed by atoms with Crippen LogP contribution in [0.15, 0.2) is 47.6 Å². The average molecular weight is 230 g/mol. The van der Waals surface area contributed by atoms with Crippen molar-refractivity contribution in [2.75, 3.05) is 0 Å². The lowest BCUT2D eigenvalue weighted by Gasteiger charge is -2.05. The molecule has 0 fully saturated rings. The molecule has 0 saturated carbocycles. The quantitative estimate of drug-likeness (QED) is 0.753. The Morgan fingerprint density at radius 2 is 1.81 bits per heavy atom. The van der Waals surface area contributed by atoms with Crippen LogP contribution in [0.1, 0.15) is 13.8 Å². The van der Waals surface area contributed by atoms with Gasteiger partial charge in [0.2, 0.25) is 0 Å². The molecule has 0 amide bonds. The van der Waals surface area contributed by atoms with Gasteiger partial charge in [0.1, 0.15) is 0 Å². The first-order valence-electron chi connectivity index (χ1n) is 5.31. The fraction of sp³-hybridized carbons (Fsp3) is 0.231. The van der Waals surface area contributed by atoms with Gasteiger partial charge in [-0.3, -0.25) is 4.98 Å². The molecule has 0 aliphatic heterocycles. The van der Waals surface area contributed by atoms with Gasteiger partial charge in [0, 0.05) is 11.4 Å². The highest BCUT2D eigenvalue weighted by Gasteiger charge is 2.03. The fourth-order valence-electron chi connectivity index (χ4n) is 1.38. The van der Waals surface area contributed by atoms with E-state index < -0.39 is 0 Å². The molecule has 3 heteroatoms. The predicted octanol–water partition coefficient (Wildman–Crippen LogP) is 3.64. The maximum atomic E-state index is 4.58. The van der Waals surface area contributed by atoms with Crippen molar-refractivity contribution in [2.24, 2.45) is 0 Å². The molecule has 2 rings (SSSR count). The molecule has 2 nitrogen and oxygen atoms in total. The summed E-state index contributed by atoms with van der Waals surface area (Å²) in [5, 5.41) is 1.60. The first-order valence-corrected chi connectivity index (χ1v) is 6.19. The van der Waals surface area contributed by atoms with Crippen LogP contribution in [0.25, 0.3) is 11.4 Å². The third-order valence-corrected chi connectivity index (χ3v) is 2.95. The van der Waals surface area contributed by atoms with Gasteiger partial charge in [-0.15, -0.1) is 11.8 Å². The molecular weight excluding hydrogens is 216 g/mol. The maximum Gasteiger partial charge on any atom is 0.0970 e. The van der Waals surface area contributed by atoms with Crippen LogP contribution >= 0.6 is 11.8 Å². The SMILES string of the molecule is CC(C)Sc1cccc(-c2ccccn2)n1. The zero-order valence-corrected chi connectivity index (χ0v) is 10.2. The van der Waals surface area contributed by atoms with Crippen LogP contribution in [0.3, 0.4) is 0 Å². The smallest absolute Gasteiger partial charge is 0.0970 e. The highest BCUT2D eigenvalue weighted by molar-refractivity contribution is 7.99. The molecular formula is C13H14N2S. The summed E-state index contributed by atoms with van der Waals surface area (Å²) in [6, 6.07) is 11.9. The molecule has 2 heterocycles. The first-order chi connectivity index (χ1) is 7.75. The molecule has 0 atom stereocenters. The van der Waals surface area contributed by atoms with Gasteiger partial charge in [-0.2, -0.15) is 0 Å². The lowest BCUT2D eigenvalue weighted by molar-refractivity contribution is 1.07. The normalized spacial score (nSPS) is 10.7. The molecule has 0 unspecified atom stereocenters. The largest absolute Gasteiger partial charge is 0.255 e. The Balaban J connectivity index is 2.29. The van der Waals surface area contributed by atoms with Crippen LogP contribution in [0.2, 0.25) is 0 Å². The zero-order valence-electron chi connectivity index (χ0n) is 9.42. The van der Waals surface area contributed by atoms with Gasteiger partial charge in [-0.05, 0) is 24.3 Å². The van der Waals surface area contributed by atoms with Crippen molar-refractivity contribution in [3.8, 4) is 11.4 Å². The summed E-state index contributed by atoms with van der Waals surface area (Å²) in [6.07, 6.45) is 1.79. The Kier molecular flexibility index (Phi) is 3.57. The van der Waals surface area contributed by atoms with E-state index in [-0.39, 0.29) is 0 Å². The molecule has 2 aromatic rings. The highest BCUT2D eigenvalue weighted by atomic mass is 32.2. The molecule has 0 saturated heterocycles. The van der Waals surface area contributed by atoms with E-state index in [1.165, 1.54) is 0 Å². The molecule has 0 aliphatic carbocycles. The number of thioether (sulfide) groups is 1. The Hall–Kier alpha value is -1.35. The number of hydrogen-bond donors (Lipinski definition) is 0. The van der Waals surface area contributed by atoms with E-state index in [0.717, 1.165) is 16.4 Å². The molecule has 0 aromatic carbocycles. The molecule has 0 bridgehead atoms. The summed E-state index contributed by atoms with van der Waals surface area (Å²) in [5.74, 6) is 0. The second kappa shape index (κ2) is 5.12. The van der Waals surface area contributed by atoms with Gasteiger partial charge in [0.25, 0.3) is 0 Å². The van der Waals surface area contributed by atoms with Crippen molar-refractivity contribution in [3.05, 3.63) is 42.6 Å². The second-order valence-corrected chi connectivity index (χ2v) is 5.34. The lowest BCUT2D eigenvalue weighted by atomic mass is 10.2. The Bertz CT molecular complexity index is 454. The van der Waals surface area contributed by atoms with Crippen molar-refractivity contribution in [1.82, 2.24) is 9.97 Å². The number of pyridine rings is 2. The molecule has 16 heavy (non-hydrogen) atoms. The van der Waals surface area contributed by atoms with Crippen molar-refractivity contribution in [1.29, 1.82) is 0 Å². The van der Waals surface area contributed by atoms with Crippen molar-refractivity contribution >= 4 is 11.8 Å². The van der Waals surface area contributed by atoms with E-state index in [9.17, 15) is 0 Å². The van der Waals surface area contributed by atoms with Crippen molar-refractivity contribution < 1.29 is 0 Å². The van der Waals surface area contributed by atoms with Gasteiger partial charge in [0.05, 0.1) is 16.4 Å². The van der Waals surface area contributed by atoms with E-state index in [0.29, 0.717) is 5.25 Å². The third kappa shape index (κ3) is 2.83. The number of nitrogens with zero attached hydrogens (tertiary/aromatic N) is 2. The number of hydrogen-bond acceptors (Lipinski definition) is 3. The molecule has 0 radical (unpaired) electrons. The lowest BCUT2D eigenvalue weighted by Crippen LogP contribution is -1.91. The maximum absolute atomic E-state index is 4.58. The topological polar surface area (TPSA) is 25.8 Å². The first kappa shape index (κ1) is 11.1. The van der Waals surface area contributed by atoms with Gasteiger partial charge < -0.3 is 0 Å². The molecule has 0 N–H and O–H groups in total. The monoisotopic (exact) mass is 230 g/mol. The highest BCUT2D eigenvalue weighted by Crippen LogP contribution is 2.23. The fourth-order valence-corrected chi connectivity index (χ4v) is 2.17.